The number of fused-ring (bicyclic) bond motifs is 3. The van der Waals surface area contributed by atoms with E-state index in [1.807, 2.05) is 0 Å². The van der Waals surface area contributed by atoms with E-state index in [1.165, 1.54) is 55.2 Å². The summed E-state index contributed by atoms with van der Waals surface area (Å²) < 4.78 is 0. The fourth-order valence-corrected chi connectivity index (χ4v) is 4.42. The Hall–Kier alpha value is -4.10. The highest BCUT2D eigenvalue weighted by Gasteiger charge is 2.09. The predicted octanol–water partition coefficient (Wildman–Crippen LogP) is 8.32. The molecule has 1 aromatic heterocycles. The standard InChI is InChI=1S/C30H21N/c1-3-9-21(10-4-1)24-17-25(22-11-5-2-6-12-22)19-26(18-24)23-15-16-28-27-13-7-8-14-29(27)31-30(28)20-23/h1-20,31H. The minimum absolute atomic E-state index is 1.17. The molecule has 0 saturated heterocycles. The van der Waals surface area contributed by atoms with Crippen molar-refractivity contribution in [1.82, 2.24) is 4.98 Å². The normalized spacial score (nSPS) is 11.2. The van der Waals surface area contributed by atoms with E-state index in [9.17, 15) is 0 Å². The Kier molecular flexibility index (Phi) is 4.18. The van der Waals surface area contributed by atoms with Gasteiger partial charge in [0.2, 0.25) is 0 Å². The van der Waals surface area contributed by atoms with Crippen molar-refractivity contribution >= 4 is 21.8 Å². The maximum absolute atomic E-state index is 3.58. The molecule has 6 aromatic rings. The van der Waals surface area contributed by atoms with Gasteiger partial charge in [-0.25, -0.2) is 0 Å². The number of H-pyrrole nitrogens is 1. The minimum Gasteiger partial charge on any atom is -0.354 e. The van der Waals surface area contributed by atoms with Crippen molar-refractivity contribution in [3.05, 3.63) is 121 Å². The van der Waals surface area contributed by atoms with E-state index < -0.39 is 0 Å². The van der Waals surface area contributed by atoms with E-state index in [0.29, 0.717) is 0 Å². The number of hydrogen-bond donors (Lipinski definition) is 1. The van der Waals surface area contributed by atoms with Crippen LogP contribution in [0.1, 0.15) is 0 Å². The summed E-state index contributed by atoms with van der Waals surface area (Å²) in [6.07, 6.45) is 0. The summed E-state index contributed by atoms with van der Waals surface area (Å²) in [5, 5.41) is 2.54. The third kappa shape index (κ3) is 3.21. The van der Waals surface area contributed by atoms with Gasteiger partial charge in [0.15, 0.2) is 0 Å². The van der Waals surface area contributed by atoms with Crippen LogP contribution in [-0.4, -0.2) is 4.98 Å². The molecule has 0 spiro atoms. The highest BCUT2D eigenvalue weighted by molar-refractivity contribution is 6.08. The molecule has 5 aromatic carbocycles. The fraction of sp³-hybridized carbons (Fsp3) is 0. The second-order valence-electron chi connectivity index (χ2n) is 7.96. The minimum atomic E-state index is 1.17. The zero-order valence-electron chi connectivity index (χ0n) is 17.0. The molecule has 146 valence electrons. The molecule has 6 rings (SSSR count). The highest BCUT2D eigenvalue weighted by atomic mass is 14.7. The van der Waals surface area contributed by atoms with Gasteiger partial charge in [-0.15, -0.1) is 0 Å². The van der Waals surface area contributed by atoms with E-state index >= 15 is 0 Å². The average molecular weight is 396 g/mol. The van der Waals surface area contributed by atoms with Crippen LogP contribution in [0.5, 0.6) is 0 Å². The van der Waals surface area contributed by atoms with Gasteiger partial charge in [0.05, 0.1) is 0 Å². The molecule has 0 saturated carbocycles. The average Bonchev–Trinajstić information content (AvgIpc) is 3.23. The van der Waals surface area contributed by atoms with Gasteiger partial charge in [-0.05, 0) is 63.7 Å². The van der Waals surface area contributed by atoms with Crippen molar-refractivity contribution in [2.45, 2.75) is 0 Å². The molecule has 0 atom stereocenters. The predicted molar refractivity (Wildman–Crippen MR) is 132 cm³/mol. The summed E-state index contributed by atoms with van der Waals surface area (Å²) in [6, 6.07) is 43.3. The number of benzene rings is 5. The van der Waals surface area contributed by atoms with E-state index in [4.69, 9.17) is 0 Å². The third-order valence-corrected chi connectivity index (χ3v) is 5.99. The topological polar surface area (TPSA) is 15.8 Å². The molecule has 1 N–H and O–H groups in total. The summed E-state index contributed by atoms with van der Waals surface area (Å²) in [5.74, 6) is 0. The van der Waals surface area contributed by atoms with Crippen LogP contribution in [0.2, 0.25) is 0 Å². The summed E-state index contributed by atoms with van der Waals surface area (Å²) in [7, 11) is 0. The molecule has 31 heavy (non-hydrogen) atoms. The quantitative estimate of drug-likeness (QED) is 0.310. The Morgan fingerprint density at radius 3 is 1.48 bits per heavy atom. The number of aromatic nitrogens is 1. The van der Waals surface area contributed by atoms with Crippen LogP contribution in [0, 0.1) is 0 Å². The lowest BCUT2D eigenvalue weighted by Gasteiger charge is -2.11. The van der Waals surface area contributed by atoms with E-state index in [1.54, 1.807) is 0 Å². The Balaban J connectivity index is 1.56. The molecule has 0 fully saturated rings. The molecule has 1 heterocycles. The molecule has 0 aliphatic heterocycles. The Morgan fingerprint density at radius 2 is 0.839 bits per heavy atom. The van der Waals surface area contributed by atoms with Gasteiger partial charge in [0.25, 0.3) is 0 Å². The van der Waals surface area contributed by atoms with Gasteiger partial charge in [0, 0.05) is 21.8 Å². The SMILES string of the molecule is c1ccc(-c2cc(-c3ccccc3)cc(-c3ccc4c(c3)[nH]c3ccccc34)c2)cc1. The molecule has 0 bridgehead atoms. The summed E-state index contributed by atoms with van der Waals surface area (Å²) in [4.78, 5) is 3.58. The van der Waals surface area contributed by atoms with Crippen LogP contribution in [0.4, 0.5) is 0 Å². The van der Waals surface area contributed by atoms with Gasteiger partial charge in [0.1, 0.15) is 0 Å². The Morgan fingerprint density at radius 1 is 0.323 bits per heavy atom. The molecule has 1 heteroatoms. The summed E-state index contributed by atoms with van der Waals surface area (Å²) in [5.41, 5.74) is 9.71. The zero-order valence-corrected chi connectivity index (χ0v) is 17.0. The lowest BCUT2D eigenvalue weighted by atomic mass is 9.93. The molecule has 0 aliphatic carbocycles. The maximum atomic E-state index is 3.58. The van der Waals surface area contributed by atoms with Crippen LogP contribution in [-0.2, 0) is 0 Å². The van der Waals surface area contributed by atoms with Crippen LogP contribution < -0.4 is 0 Å². The molecular weight excluding hydrogens is 374 g/mol. The van der Waals surface area contributed by atoms with Crippen molar-refractivity contribution in [2.75, 3.05) is 0 Å². The Bertz CT molecular complexity index is 1450. The van der Waals surface area contributed by atoms with Gasteiger partial charge >= 0.3 is 0 Å². The van der Waals surface area contributed by atoms with Crippen molar-refractivity contribution in [2.24, 2.45) is 0 Å². The number of rotatable bonds is 3. The van der Waals surface area contributed by atoms with Crippen LogP contribution in [0.3, 0.4) is 0 Å². The molecule has 0 unspecified atom stereocenters. The first-order valence-electron chi connectivity index (χ1n) is 10.6. The van der Waals surface area contributed by atoms with E-state index in [0.717, 1.165) is 0 Å². The first kappa shape index (κ1) is 17.7. The maximum Gasteiger partial charge on any atom is 0.0471 e. The van der Waals surface area contributed by atoms with Crippen LogP contribution in [0.25, 0.3) is 55.2 Å². The second-order valence-corrected chi connectivity index (χ2v) is 7.96. The van der Waals surface area contributed by atoms with Gasteiger partial charge in [-0.3, -0.25) is 0 Å². The first-order chi connectivity index (χ1) is 15.3. The van der Waals surface area contributed by atoms with Gasteiger partial charge in [-0.2, -0.15) is 0 Å². The zero-order chi connectivity index (χ0) is 20.6. The van der Waals surface area contributed by atoms with Crippen molar-refractivity contribution in [1.29, 1.82) is 0 Å². The number of nitrogens with one attached hydrogen (secondary N) is 1. The molecule has 1 nitrogen and oxygen atoms in total. The molecule has 0 aliphatic rings. The smallest absolute Gasteiger partial charge is 0.0471 e. The van der Waals surface area contributed by atoms with Crippen molar-refractivity contribution < 1.29 is 0 Å². The molecule has 0 amide bonds. The number of hydrogen-bond acceptors (Lipinski definition) is 0. The van der Waals surface area contributed by atoms with E-state index in [2.05, 4.69) is 126 Å². The Labute approximate surface area is 181 Å². The van der Waals surface area contributed by atoms with Crippen LogP contribution in [0.15, 0.2) is 121 Å². The van der Waals surface area contributed by atoms with Crippen molar-refractivity contribution in [3.63, 3.8) is 0 Å². The first-order valence-corrected chi connectivity index (χ1v) is 10.6. The fourth-order valence-electron chi connectivity index (χ4n) is 4.42. The molecular formula is C30H21N. The second kappa shape index (κ2) is 7.30. The largest absolute Gasteiger partial charge is 0.354 e. The lowest BCUT2D eigenvalue weighted by molar-refractivity contribution is 1.53. The van der Waals surface area contributed by atoms with E-state index in [-0.39, 0.29) is 0 Å². The monoisotopic (exact) mass is 395 g/mol. The highest BCUT2D eigenvalue weighted by Crippen LogP contribution is 2.35. The lowest BCUT2D eigenvalue weighted by Crippen LogP contribution is -1.86. The van der Waals surface area contributed by atoms with Gasteiger partial charge < -0.3 is 4.98 Å². The molecule has 0 radical (unpaired) electrons. The summed E-state index contributed by atoms with van der Waals surface area (Å²) in [6.45, 7) is 0. The number of para-hydroxylation sites is 1. The van der Waals surface area contributed by atoms with Crippen LogP contribution >= 0.6 is 0 Å². The number of aromatic amines is 1. The van der Waals surface area contributed by atoms with Gasteiger partial charge in [-0.1, -0.05) is 91.0 Å². The van der Waals surface area contributed by atoms with Crippen molar-refractivity contribution in [3.8, 4) is 33.4 Å². The summed E-state index contributed by atoms with van der Waals surface area (Å²) >= 11 is 0. The third-order valence-electron chi connectivity index (χ3n) is 5.99.